The molecule has 3 heteroatoms. The lowest BCUT2D eigenvalue weighted by Crippen LogP contribution is -2.30. The molecule has 156 valence electrons. The molecule has 3 aromatic carbocycles. The van der Waals surface area contributed by atoms with E-state index in [2.05, 4.69) is 98.0 Å². The van der Waals surface area contributed by atoms with Gasteiger partial charge in [-0.2, -0.15) is 0 Å². The summed E-state index contributed by atoms with van der Waals surface area (Å²) in [5.74, 6) is 0.249. The number of aryl methyl sites for hydroxylation is 2. The number of hydrogen-bond donors (Lipinski definition) is 0. The summed E-state index contributed by atoms with van der Waals surface area (Å²) < 4.78 is 8.74. The van der Waals surface area contributed by atoms with Gasteiger partial charge in [0.05, 0.1) is 12.1 Å². The third-order valence-electron chi connectivity index (χ3n) is 6.24. The van der Waals surface area contributed by atoms with Gasteiger partial charge in [-0.15, -0.1) is 0 Å². The van der Waals surface area contributed by atoms with E-state index in [0.29, 0.717) is 11.3 Å². The summed E-state index contributed by atoms with van der Waals surface area (Å²) in [7, 11) is 2.05. The van der Waals surface area contributed by atoms with Crippen molar-refractivity contribution >= 4 is 27.6 Å². The maximum Gasteiger partial charge on any atom is 0.232 e. The zero-order valence-corrected chi connectivity index (χ0v) is 18.8. The van der Waals surface area contributed by atoms with E-state index in [-0.39, 0.29) is 5.92 Å². The van der Waals surface area contributed by atoms with Crippen molar-refractivity contribution in [3.63, 3.8) is 0 Å². The van der Waals surface area contributed by atoms with Crippen molar-refractivity contribution in [2.45, 2.75) is 26.7 Å². The Bertz CT molecular complexity index is 1520. The van der Waals surface area contributed by atoms with E-state index >= 15 is 0 Å². The lowest BCUT2D eigenvalue weighted by molar-refractivity contribution is -0.660. The van der Waals surface area contributed by atoms with Crippen LogP contribution in [0.3, 0.4) is 0 Å². The highest BCUT2D eigenvalue weighted by Crippen LogP contribution is 2.46. The molecular weight excluding hydrogens is 392 g/mol. The first-order valence-corrected chi connectivity index (χ1v) is 10.9. The molecule has 0 amide bonds. The minimum absolute atomic E-state index is 0.249. The van der Waals surface area contributed by atoms with Gasteiger partial charge in [-0.25, -0.2) is 9.41 Å². The molecule has 0 saturated heterocycles. The zero-order chi connectivity index (χ0) is 22.4. The van der Waals surface area contributed by atoms with Crippen LogP contribution in [0.25, 0.3) is 49.2 Å². The Morgan fingerprint density at radius 1 is 0.938 bits per heavy atom. The van der Waals surface area contributed by atoms with Crippen LogP contribution in [0.15, 0.2) is 77.3 Å². The van der Waals surface area contributed by atoms with E-state index in [1.165, 1.54) is 0 Å². The van der Waals surface area contributed by atoms with E-state index < -0.39 is 0 Å². The van der Waals surface area contributed by atoms with Crippen LogP contribution >= 0.6 is 0 Å². The van der Waals surface area contributed by atoms with Crippen molar-refractivity contribution in [2.24, 2.45) is 7.05 Å². The van der Waals surface area contributed by atoms with Crippen LogP contribution < -0.4 is 4.57 Å². The number of benzene rings is 3. The van der Waals surface area contributed by atoms with Crippen LogP contribution in [-0.2, 0) is 7.05 Å². The van der Waals surface area contributed by atoms with Crippen molar-refractivity contribution in [3.05, 3.63) is 95.5 Å². The Balaban J connectivity index is 2.00. The quantitative estimate of drug-likeness (QED) is 0.217. The van der Waals surface area contributed by atoms with Crippen LogP contribution in [0.4, 0.5) is 5.69 Å². The van der Waals surface area contributed by atoms with Gasteiger partial charge in [0.15, 0.2) is 6.20 Å². The summed E-state index contributed by atoms with van der Waals surface area (Å²) in [6.07, 6.45) is 2.05. The summed E-state index contributed by atoms with van der Waals surface area (Å²) >= 11 is 0. The average molecular weight is 418 g/mol. The van der Waals surface area contributed by atoms with E-state index in [1.807, 2.05) is 12.1 Å². The molecule has 0 N–H and O–H groups in total. The van der Waals surface area contributed by atoms with E-state index in [0.717, 1.165) is 49.9 Å². The lowest BCUT2D eigenvalue weighted by Gasteiger charge is -2.11. The second-order valence-electron chi connectivity index (χ2n) is 8.63. The molecule has 5 aromatic rings. The average Bonchev–Trinajstić information content (AvgIpc) is 3.18. The van der Waals surface area contributed by atoms with Gasteiger partial charge in [-0.1, -0.05) is 56.3 Å². The van der Waals surface area contributed by atoms with Crippen molar-refractivity contribution in [1.82, 2.24) is 0 Å². The van der Waals surface area contributed by atoms with Crippen LogP contribution in [0.1, 0.15) is 30.9 Å². The third kappa shape index (κ3) is 2.99. The Morgan fingerprint density at radius 2 is 1.69 bits per heavy atom. The van der Waals surface area contributed by atoms with Gasteiger partial charge < -0.3 is 4.42 Å². The molecule has 0 unspecified atom stereocenters. The molecular formula is C29H25N2O+. The highest BCUT2D eigenvalue weighted by Gasteiger charge is 2.25. The predicted octanol–water partition coefficient (Wildman–Crippen LogP) is 7.73. The van der Waals surface area contributed by atoms with Crippen LogP contribution in [0.2, 0.25) is 0 Å². The Morgan fingerprint density at radius 3 is 2.38 bits per heavy atom. The van der Waals surface area contributed by atoms with E-state index in [9.17, 15) is 0 Å². The van der Waals surface area contributed by atoms with Gasteiger partial charge in [0.1, 0.15) is 18.2 Å². The Kier molecular flexibility index (Phi) is 4.79. The number of nitrogens with zero attached hydrogens (tertiary/aromatic N) is 2. The van der Waals surface area contributed by atoms with Gasteiger partial charge >= 0.3 is 0 Å². The highest BCUT2D eigenvalue weighted by molar-refractivity contribution is 6.19. The number of furan rings is 1. The predicted molar refractivity (Wildman–Crippen MR) is 131 cm³/mol. The summed E-state index contributed by atoms with van der Waals surface area (Å²) in [6.45, 7) is 14.3. The molecule has 5 rings (SSSR count). The molecule has 2 heterocycles. The monoisotopic (exact) mass is 417 g/mol. The molecule has 0 aliphatic carbocycles. The molecule has 0 aliphatic heterocycles. The van der Waals surface area contributed by atoms with Crippen molar-refractivity contribution in [3.8, 4) is 22.4 Å². The zero-order valence-electron chi connectivity index (χ0n) is 18.8. The third-order valence-corrected chi connectivity index (χ3v) is 6.24. The molecule has 0 atom stereocenters. The van der Waals surface area contributed by atoms with Gasteiger partial charge in [-0.3, -0.25) is 0 Å². The molecule has 0 saturated carbocycles. The number of aromatic nitrogens is 1. The minimum Gasteiger partial charge on any atom is -0.466 e. The second-order valence-corrected chi connectivity index (χ2v) is 8.63. The second kappa shape index (κ2) is 7.66. The Labute approximate surface area is 188 Å². The highest BCUT2D eigenvalue weighted by atomic mass is 16.3. The van der Waals surface area contributed by atoms with Crippen molar-refractivity contribution in [1.29, 1.82) is 0 Å². The Hall–Kier alpha value is -3.90. The first-order chi connectivity index (χ1) is 15.5. The summed E-state index contributed by atoms with van der Waals surface area (Å²) in [5, 5.41) is 2.06. The summed E-state index contributed by atoms with van der Waals surface area (Å²) in [4.78, 5) is 3.91. The van der Waals surface area contributed by atoms with Crippen LogP contribution in [0.5, 0.6) is 0 Å². The van der Waals surface area contributed by atoms with Crippen LogP contribution in [0, 0.1) is 13.5 Å². The molecule has 32 heavy (non-hydrogen) atoms. The molecule has 0 fully saturated rings. The fraction of sp³-hybridized carbons (Fsp3) is 0.172. The topological polar surface area (TPSA) is 21.4 Å². The van der Waals surface area contributed by atoms with Gasteiger partial charge in [0, 0.05) is 22.9 Å². The van der Waals surface area contributed by atoms with Crippen molar-refractivity contribution in [2.75, 3.05) is 0 Å². The minimum atomic E-state index is 0.249. The fourth-order valence-corrected chi connectivity index (χ4v) is 4.67. The summed E-state index contributed by atoms with van der Waals surface area (Å²) in [5.41, 5.74) is 8.74. The number of pyridine rings is 1. The number of hydrogen-bond acceptors (Lipinski definition) is 1. The molecule has 0 aliphatic rings. The smallest absolute Gasteiger partial charge is 0.232 e. The molecule has 2 aromatic heterocycles. The SMILES string of the molecule is [C-]#[N+]c1c(C(C)C)ccc2c1oc1c(-c3cccc[n+]3C)c(C)cc(-c3ccccc3)c12. The first-order valence-electron chi connectivity index (χ1n) is 10.9. The normalized spacial score (nSPS) is 11.4. The largest absolute Gasteiger partial charge is 0.466 e. The molecule has 3 nitrogen and oxygen atoms in total. The standard InChI is InChI=1S/C29H25N2O/c1-18(2)21-14-15-22-26-23(20-11-7-6-8-12-20)17-19(3)25(24-13-9-10-16-31(24)5)29(26)32-28(22)27(21)30-4/h6-18H,1-3,5H3/q+1. The maximum atomic E-state index is 7.91. The molecule has 0 radical (unpaired) electrons. The van der Waals surface area contributed by atoms with Crippen molar-refractivity contribution < 1.29 is 8.98 Å². The number of fused-ring (bicyclic) bond motifs is 3. The van der Waals surface area contributed by atoms with Crippen LogP contribution in [-0.4, -0.2) is 0 Å². The summed E-state index contributed by atoms with van der Waals surface area (Å²) in [6, 6.07) is 23.1. The van der Waals surface area contributed by atoms with E-state index in [1.54, 1.807) is 0 Å². The fourth-order valence-electron chi connectivity index (χ4n) is 4.67. The lowest BCUT2D eigenvalue weighted by atomic mass is 9.91. The number of rotatable bonds is 3. The molecule has 0 spiro atoms. The van der Waals surface area contributed by atoms with Gasteiger partial charge in [0.25, 0.3) is 0 Å². The maximum absolute atomic E-state index is 7.91. The van der Waals surface area contributed by atoms with Gasteiger partial charge in [0.2, 0.25) is 11.4 Å². The van der Waals surface area contributed by atoms with E-state index in [4.69, 9.17) is 11.0 Å². The molecule has 0 bridgehead atoms. The van der Waals surface area contributed by atoms with Gasteiger partial charge in [-0.05, 0) is 47.2 Å². The first kappa shape index (κ1) is 20.0.